The molecule has 96 valence electrons. The van der Waals surface area contributed by atoms with Crippen molar-refractivity contribution >= 4 is 11.6 Å². The zero-order chi connectivity index (χ0) is 13.6. The highest BCUT2D eigenvalue weighted by atomic mass is 16.1. The Kier molecular flexibility index (Phi) is 4.94. The third-order valence-corrected chi connectivity index (χ3v) is 2.55. The Hall–Kier alpha value is -1.79. The van der Waals surface area contributed by atoms with Crippen LogP contribution in [0.5, 0.6) is 0 Å². The molecule has 0 saturated carbocycles. The van der Waals surface area contributed by atoms with Gasteiger partial charge in [0, 0.05) is 5.69 Å². The standard InChI is InChI=1S/C15H20N2O/c1-5-10-16-11-14(18)17-13-8-6-12(7-9-13)15(2,3)4/h1,6-9,16H,10-11H2,2-4H3,(H,17,18). The molecule has 0 heterocycles. The molecule has 0 unspecified atom stereocenters. The first kappa shape index (κ1) is 14.3. The van der Waals surface area contributed by atoms with Crippen molar-refractivity contribution < 1.29 is 4.79 Å². The lowest BCUT2D eigenvalue weighted by Gasteiger charge is -2.19. The van der Waals surface area contributed by atoms with Crippen LogP contribution in [0.25, 0.3) is 0 Å². The van der Waals surface area contributed by atoms with Gasteiger partial charge in [-0.2, -0.15) is 0 Å². The van der Waals surface area contributed by atoms with E-state index in [-0.39, 0.29) is 17.9 Å². The quantitative estimate of drug-likeness (QED) is 0.629. The van der Waals surface area contributed by atoms with E-state index in [1.54, 1.807) is 0 Å². The molecule has 0 aliphatic heterocycles. The van der Waals surface area contributed by atoms with Crippen LogP contribution in [0.4, 0.5) is 5.69 Å². The minimum Gasteiger partial charge on any atom is -0.325 e. The van der Waals surface area contributed by atoms with Gasteiger partial charge in [0.15, 0.2) is 0 Å². The Morgan fingerprint density at radius 2 is 1.89 bits per heavy atom. The third kappa shape index (κ3) is 4.60. The predicted octanol–water partition coefficient (Wildman–Crippen LogP) is 2.15. The molecule has 0 bridgehead atoms. The Labute approximate surface area is 109 Å². The summed E-state index contributed by atoms with van der Waals surface area (Å²) < 4.78 is 0. The molecular weight excluding hydrogens is 224 g/mol. The van der Waals surface area contributed by atoms with Crippen LogP contribution >= 0.6 is 0 Å². The molecule has 0 spiro atoms. The fourth-order valence-corrected chi connectivity index (χ4v) is 1.51. The van der Waals surface area contributed by atoms with Crippen molar-refractivity contribution in [2.24, 2.45) is 0 Å². The summed E-state index contributed by atoms with van der Waals surface area (Å²) in [5, 5.41) is 5.65. The van der Waals surface area contributed by atoms with Gasteiger partial charge < -0.3 is 5.32 Å². The second-order valence-corrected chi connectivity index (χ2v) is 5.18. The molecule has 0 aromatic heterocycles. The van der Waals surface area contributed by atoms with Crippen molar-refractivity contribution in [3.63, 3.8) is 0 Å². The summed E-state index contributed by atoms with van der Waals surface area (Å²) in [6.45, 7) is 7.10. The van der Waals surface area contributed by atoms with Gasteiger partial charge in [0.25, 0.3) is 0 Å². The van der Waals surface area contributed by atoms with Crippen LogP contribution in [0.15, 0.2) is 24.3 Å². The Morgan fingerprint density at radius 1 is 1.28 bits per heavy atom. The van der Waals surface area contributed by atoms with Gasteiger partial charge in [-0.3, -0.25) is 10.1 Å². The van der Waals surface area contributed by atoms with Gasteiger partial charge in [-0.25, -0.2) is 0 Å². The van der Waals surface area contributed by atoms with E-state index in [2.05, 4.69) is 37.3 Å². The summed E-state index contributed by atoms with van der Waals surface area (Å²) in [7, 11) is 0. The van der Waals surface area contributed by atoms with E-state index in [0.717, 1.165) is 5.69 Å². The van der Waals surface area contributed by atoms with E-state index in [4.69, 9.17) is 6.42 Å². The smallest absolute Gasteiger partial charge is 0.238 e. The maximum atomic E-state index is 11.5. The van der Waals surface area contributed by atoms with E-state index in [1.807, 2.05) is 24.3 Å². The van der Waals surface area contributed by atoms with Crippen LogP contribution in [-0.4, -0.2) is 19.0 Å². The van der Waals surface area contributed by atoms with E-state index < -0.39 is 0 Å². The third-order valence-electron chi connectivity index (χ3n) is 2.55. The molecule has 0 saturated heterocycles. The predicted molar refractivity (Wildman–Crippen MR) is 75.5 cm³/mol. The van der Waals surface area contributed by atoms with Crippen molar-refractivity contribution in [1.29, 1.82) is 0 Å². The number of anilines is 1. The normalized spacial score (nSPS) is 10.8. The zero-order valence-electron chi connectivity index (χ0n) is 11.2. The number of nitrogens with one attached hydrogen (secondary N) is 2. The Bertz CT molecular complexity index is 435. The van der Waals surface area contributed by atoms with E-state index in [0.29, 0.717) is 6.54 Å². The van der Waals surface area contributed by atoms with Crippen LogP contribution < -0.4 is 10.6 Å². The SMILES string of the molecule is C#CCNCC(=O)Nc1ccc(C(C)(C)C)cc1. The molecule has 0 radical (unpaired) electrons. The lowest BCUT2D eigenvalue weighted by atomic mass is 9.87. The molecule has 3 nitrogen and oxygen atoms in total. The van der Waals surface area contributed by atoms with Gasteiger partial charge in [-0.05, 0) is 23.1 Å². The van der Waals surface area contributed by atoms with Crippen LogP contribution in [0.1, 0.15) is 26.3 Å². The highest BCUT2D eigenvalue weighted by molar-refractivity contribution is 5.92. The van der Waals surface area contributed by atoms with Gasteiger partial charge in [-0.15, -0.1) is 6.42 Å². The number of benzene rings is 1. The lowest BCUT2D eigenvalue weighted by Crippen LogP contribution is -2.28. The van der Waals surface area contributed by atoms with Crippen LogP contribution in [0.3, 0.4) is 0 Å². The van der Waals surface area contributed by atoms with Gasteiger partial charge in [0.2, 0.25) is 5.91 Å². The summed E-state index contributed by atoms with van der Waals surface area (Å²) in [6, 6.07) is 7.90. The number of hydrogen-bond donors (Lipinski definition) is 2. The molecule has 1 aromatic rings. The molecule has 18 heavy (non-hydrogen) atoms. The van der Waals surface area contributed by atoms with Crippen molar-refractivity contribution in [3.8, 4) is 12.3 Å². The number of hydrogen-bond acceptors (Lipinski definition) is 2. The number of carbonyl (C=O) groups is 1. The molecule has 0 fully saturated rings. The molecular formula is C15H20N2O. The highest BCUT2D eigenvalue weighted by Crippen LogP contribution is 2.23. The average Bonchev–Trinajstić information content (AvgIpc) is 2.29. The fraction of sp³-hybridized carbons (Fsp3) is 0.400. The van der Waals surface area contributed by atoms with Crippen molar-refractivity contribution in [1.82, 2.24) is 5.32 Å². The number of amides is 1. The maximum Gasteiger partial charge on any atom is 0.238 e. The Morgan fingerprint density at radius 3 is 2.39 bits per heavy atom. The van der Waals surface area contributed by atoms with E-state index >= 15 is 0 Å². The molecule has 0 atom stereocenters. The van der Waals surface area contributed by atoms with E-state index in [9.17, 15) is 4.79 Å². The summed E-state index contributed by atoms with van der Waals surface area (Å²) in [4.78, 5) is 11.5. The summed E-state index contributed by atoms with van der Waals surface area (Å²) in [5.74, 6) is 2.33. The maximum absolute atomic E-state index is 11.5. The first-order valence-electron chi connectivity index (χ1n) is 5.98. The van der Waals surface area contributed by atoms with Gasteiger partial charge in [0.1, 0.15) is 0 Å². The molecule has 1 rings (SSSR count). The van der Waals surface area contributed by atoms with Gasteiger partial charge in [-0.1, -0.05) is 38.8 Å². The summed E-state index contributed by atoms with van der Waals surface area (Å²) >= 11 is 0. The number of carbonyl (C=O) groups excluding carboxylic acids is 1. The largest absolute Gasteiger partial charge is 0.325 e. The minimum absolute atomic E-state index is 0.0891. The topological polar surface area (TPSA) is 41.1 Å². The fourth-order valence-electron chi connectivity index (χ4n) is 1.51. The van der Waals surface area contributed by atoms with Crippen LogP contribution in [-0.2, 0) is 10.2 Å². The lowest BCUT2D eigenvalue weighted by molar-refractivity contribution is -0.115. The number of terminal acetylenes is 1. The van der Waals surface area contributed by atoms with Crippen molar-refractivity contribution in [3.05, 3.63) is 29.8 Å². The van der Waals surface area contributed by atoms with Gasteiger partial charge >= 0.3 is 0 Å². The summed E-state index contributed by atoms with van der Waals surface area (Å²) in [6.07, 6.45) is 5.08. The molecule has 3 heteroatoms. The highest BCUT2D eigenvalue weighted by Gasteiger charge is 2.12. The second kappa shape index (κ2) is 6.23. The van der Waals surface area contributed by atoms with Crippen molar-refractivity contribution in [2.75, 3.05) is 18.4 Å². The molecule has 1 amide bonds. The van der Waals surface area contributed by atoms with E-state index in [1.165, 1.54) is 5.56 Å². The average molecular weight is 244 g/mol. The van der Waals surface area contributed by atoms with Gasteiger partial charge in [0.05, 0.1) is 13.1 Å². The van der Waals surface area contributed by atoms with Crippen molar-refractivity contribution in [2.45, 2.75) is 26.2 Å². The zero-order valence-corrected chi connectivity index (χ0v) is 11.2. The summed E-state index contributed by atoms with van der Waals surface area (Å²) in [5.41, 5.74) is 2.16. The molecule has 0 aliphatic carbocycles. The monoisotopic (exact) mass is 244 g/mol. The van der Waals surface area contributed by atoms with Crippen LogP contribution in [0.2, 0.25) is 0 Å². The molecule has 1 aromatic carbocycles. The molecule has 2 N–H and O–H groups in total. The number of rotatable bonds is 4. The molecule has 0 aliphatic rings. The first-order valence-corrected chi connectivity index (χ1v) is 5.98. The Balaban J connectivity index is 2.54. The minimum atomic E-state index is -0.0891. The van der Waals surface area contributed by atoms with Crippen LogP contribution in [0, 0.1) is 12.3 Å². The second-order valence-electron chi connectivity index (χ2n) is 5.18. The first-order chi connectivity index (χ1) is 8.43.